The predicted molar refractivity (Wildman–Crippen MR) is 63.8 cm³/mol. The van der Waals surface area contributed by atoms with Gasteiger partial charge in [0.1, 0.15) is 0 Å². The molecule has 4 nitrogen and oxygen atoms in total. The summed E-state index contributed by atoms with van der Waals surface area (Å²) in [6, 6.07) is 6.62. The van der Waals surface area contributed by atoms with Crippen LogP contribution in [-0.4, -0.2) is 23.0 Å². The zero-order valence-electron chi connectivity index (χ0n) is 9.05. The van der Waals surface area contributed by atoms with Gasteiger partial charge in [0.2, 0.25) is 0 Å². The fourth-order valence-corrected chi connectivity index (χ4v) is 1.60. The predicted octanol–water partition coefficient (Wildman–Crippen LogP) is 2.58. The third-order valence-electron chi connectivity index (χ3n) is 2.19. The van der Waals surface area contributed by atoms with Crippen LogP contribution in [0, 0.1) is 0 Å². The molecular formula is C12H9ClN2O2. The van der Waals surface area contributed by atoms with Gasteiger partial charge in [-0.1, -0.05) is 11.6 Å². The summed E-state index contributed by atoms with van der Waals surface area (Å²) in [7, 11) is 1.32. The number of aromatic nitrogens is 2. The standard InChI is InChI=1S/C12H9ClN2O2/c1-17-12(16)10-7-8(13)3-4-9(10)11-14-5-2-6-15-11/h2-7H,1H3. The van der Waals surface area contributed by atoms with Gasteiger partial charge in [0.05, 0.1) is 12.7 Å². The van der Waals surface area contributed by atoms with Crippen molar-refractivity contribution < 1.29 is 9.53 Å². The second kappa shape index (κ2) is 4.93. The Labute approximate surface area is 103 Å². The zero-order chi connectivity index (χ0) is 12.3. The molecule has 0 aliphatic rings. The van der Waals surface area contributed by atoms with E-state index in [-0.39, 0.29) is 0 Å². The molecule has 2 aromatic rings. The number of hydrogen-bond donors (Lipinski definition) is 0. The molecule has 1 aromatic carbocycles. The molecule has 0 spiro atoms. The molecule has 0 fully saturated rings. The molecule has 0 aliphatic heterocycles. The lowest BCUT2D eigenvalue weighted by Gasteiger charge is -2.06. The van der Waals surface area contributed by atoms with E-state index in [1.807, 2.05) is 0 Å². The van der Waals surface area contributed by atoms with Crippen molar-refractivity contribution in [3.05, 3.63) is 47.2 Å². The molecule has 1 heterocycles. The highest BCUT2D eigenvalue weighted by molar-refractivity contribution is 6.31. The maximum atomic E-state index is 11.6. The Kier molecular flexibility index (Phi) is 3.35. The quantitative estimate of drug-likeness (QED) is 0.767. The van der Waals surface area contributed by atoms with Gasteiger partial charge >= 0.3 is 5.97 Å². The first kappa shape index (κ1) is 11.5. The van der Waals surface area contributed by atoms with E-state index in [4.69, 9.17) is 16.3 Å². The number of esters is 1. The molecule has 0 N–H and O–H groups in total. The van der Waals surface area contributed by atoms with E-state index in [2.05, 4.69) is 9.97 Å². The van der Waals surface area contributed by atoms with Gasteiger partial charge in [-0.3, -0.25) is 0 Å². The van der Waals surface area contributed by atoms with Gasteiger partial charge in [-0.25, -0.2) is 14.8 Å². The minimum atomic E-state index is -0.463. The van der Waals surface area contributed by atoms with Crippen LogP contribution in [0.25, 0.3) is 11.4 Å². The molecule has 86 valence electrons. The maximum Gasteiger partial charge on any atom is 0.338 e. The van der Waals surface area contributed by atoms with E-state index in [1.54, 1.807) is 36.7 Å². The van der Waals surface area contributed by atoms with E-state index in [1.165, 1.54) is 7.11 Å². The summed E-state index contributed by atoms with van der Waals surface area (Å²) in [4.78, 5) is 19.8. The zero-order valence-corrected chi connectivity index (χ0v) is 9.81. The molecule has 0 unspecified atom stereocenters. The highest BCUT2D eigenvalue weighted by atomic mass is 35.5. The summed E-state index contributed by atoms with van der Waals surface area (Å²) in [6.45, 7) is 0. The Morgan fingerprint density at radius 3 is 2.65 bits per heavy atom. The molecule has 0 saturated heterocycles. The van der Waals surface area contributed by atoms with Gasteiger partial charge in [-0.2, -0.15) is 0 Å². The SMILES string of the molecule is COC(=O)c1cc(Cl)ccc1-c1ncccn1. The summed E-state index contributed by atoms with van der Waals surface area (Å²) in [5.41, 5.74) is 0.952. The molecule has 2 rings (SSSR count). The number of benzene rings is 1. The number of ether oxygens (including phenoxy) is 1. The Hall–Kier alpha value is -1.94. The van der Waals surface area contributed by atoms with Crippen molar-refractivity contribution in [3.63, 3.8) is 0 Å². The summed E-state index contributed by atoms with van der Waals surface area (Å²) in [5.74, 6) is -0.000445. The second-order valence-corrected chi connectivity index (χ2v) is 3.69. The van der Waals surface area contributed by atoms with Crippen molar-refractivity contribution in [2.45, 2.75) is 0 Å². The Morgan fingerprint density at radius 1 is 1.29 bits per heavy atom. The van der Waals surface area contributed by atoms with Crippen molar-refractivity contribution in [1.82, 2.24) is 9.97 Å². The number of hydrogen-bond acceptors (Lipinski definition) is 4. The van der Waals surface area contributed by atoms with Gasteiger partial charge in [-0.05, 0) is 24.3 Å². The molecule has 0 aliphatic carbocycles. The first-order valence-corrected chi connectivity index (χ1v) is 5.25. The summed E-state index contributed by atoms with van der Waals surface area (Å²) in [6.07, 6.45) is 3.22. The van der Waals surface area contributed by atoms with Crippen LogP contribution in [0.2, 0.25) is 5.02 Å². The lowest BCUT2D eigenvalue weighted by molar-refractivity contribution is 0.0601. The van der Waals surface area contributed by atoms with Crippen molar-refractivity contribution in [1.29, 1.82) is 0 Å². The Bertz CT molecular complexity index is 543. The average Bonchev–Trinajstić information content (AvgIpc) is 2.38. The summed E-state index contributed by atoms with van der Waals surface area (Å²) < 4.78 is 4.70. The monoisotopic (exact) mass is 248 g/mol. The van der Waals surface area contributed by atoms with Crippen LogP contribution < -0.4 is 0 Å². The number of carbonyl (C=O) groups excluding carboxylic acids is 1. The molecule has 0 amide bonds. The van der Waals surface area contributed by atoms with Crippen molar-refractivity contribution in [3.8, 4) is 11.4 Å². The number of halogens is 1. The fourth-order valence-electron chi connectivity index (χ4n) is 1.43. The molecule has 0 radical (unpaired) electrons. The number of carbonyl (C=O) groups is 1. The van der Waals surface area contributed by atoms with Crippen molar-refractivity contribution >= 4 is 17.6 Å². The third kappa shape index (κ3) is 2.42. The second-order valence-electron chi connectivity index (χ2n) is 3.25. The van der Waals surface area contributed by atoms with E-state index in [0.29, 0.717) is 22.0 Å². The molecule has 17 heavy (non-hydrogen) atoms. The van der Waals surface area contributed by atoms with Crippen LogP contribution in [0.1, 0.15) is 10.4 Å². The topological polar surface area (TPSA) is 52.1 Å². The minimum absolute atomic E-state index is 0.353. The first-order chi connectivity index (χ1) is 8.22. The molecular weight excluding hydrogens is 240 g/mol. The van der Waals surface area contributed by atoms with E-state index < -0.39 is 5.97 Å². The number of rotatable bonds is 2. The molecule has 0 saturated carbocycles. The summed E-state index contributed by atoms with van der Waals surface area (Å²) >= 11 is 5.86. The van der Waals surface area contributed by atoms with Crippen LogP contribution in [0.4, 0.5) is 0 Å². The lowest BCUT2D eigenvalue weighted by atomic mass is 10.1. The largest absolute Gasteiger partial charge is 0.465 e. The van der Waals surface area contributed by atoms with Gasteiger partial charge in [0.25, 0.3) is 0 Å². The Balaban J connectivity index is 2.58. The van der Waals surface area contributed by atoms with Crippen LogP contribution in [0.15, 0.2) is 36.7 Å². The van der Waals surface area contributed by atoms with E-state index in [0.717, 1.165) is 0 Å². The molecule has 0 atom stereocenters. The maximum absolute atomic E-state index is 11.6. The van der Waals surface area contributed by atoms with Crippen LogP contribution in [0.3, 0.4) is 0 Å². The van der Waals surface area contributed by atoms with Crippen LogP contribution >= 0.6 is 11.6 Å². The highest BCUT2D eigenvalue weighted by Crippen LogP contribution is 2.24. The molecule has 5 heteroatoms. The van der Waals surface area contributed by atoms with Gasteiger partial charge in [-0.15, -0.1) is 0 Å². The minimum Gasteiger partial charge on any atom is -0.465 e. The smallest absolute Gasteiger partial charge is 0.338 e. The van der Waals surface area contributed by atoms with Crippen molar-refractivity contribution in [2.24, 2.45) is 0 Å². The Morgan fingerprint density at radius 2 is 2.00 bits per heavy atom. The van der Waals surface area contributed by atoms with Gasteiger partial charge < -0.3 is 4.74 Å². The highest BCUT2D eigenvalue weighted by Gasteiger charge is 2.15. The normalized spacial score (nSPS) is 10.0. The van der Waals surface area contributed by atoms with Crippen molar-refractivity contribution in [2.75, 3.05) is 7.11 Å². The molecule has 1 aromatic heterocycles. The van der Waals surface area contributed by atoms with Gasteiger partial charge in [0.15, 0.2) is 5.82 Å². The van der Waals surface area contributed by atoms with Crippen LogP contribution in [-0.2, 0) is 4.74 Å². The fraction of sp³-hybridized carbons (Fsp3) is 0.0833. The molecule has 0 bridgehead atoms. The van der Waals surface area contributed by atoms with Crippen LogP contribution in [0.5, 0.6) is 0 Å². The third-order valence-corrected chi connectivity index (χ3v) is 2.43. The van der Waals surface area contributed by atoms with E-state index in [9.17, 15) is 4.79 Å². The number of nitrogens with zero attached hydrogens (tertiary/aromatic N) is 2. The average molecular weight is 249 g/mol. The van der Waals surface area contributed by atoms with E-state index >= 15 is 0 Å². The lowest BCUT2D eigenvalue weighted by Crippen LogP contribution is -2.04. The number of methoxy groups -OCH3 is 1. The first-order valence-electron chi connectivity index (χ1n) is 4.87. The van der Waals surface area contributed by atoms with Gasteiger partial charge in [0, 0.05) is 23.0 Å². The summed E-state index contributed by atoms with van der Waals surface area (Å²) in [5, 5.41) is 0.463.